The number of nitrogens with one attached hydrogen (secondary N) is 1. The fourth-order valence-corrected chi connectivity index (χ4v) is 2.15. The Morgan fingerprint density at radius 1 is 1.19 bits per heavy atom. The highest BCUT2D eigenvalue weighted by molar-refractivity contribution is 5.68. The molecule has 1 N–H and O–H groups in total. The molecule has 1 aliphatic rings. The van der Waals surface area contributed by atoms with Gasteiger partial charge in [-0.3, -0.25) is 0 Å². The predicted octanol–water partition coefficient (Wildman–Crippen LogP) is 3.34. The summed E-state index contributed by atoms with van der Waals surface area (Å²) in [6.45, 7) is 10.2. The molecule has 0 radical (unpaired) electrons. The molecule has 1 unspecified atom stereocenters. The van der Waals surface area contributed by atoms with Gasteiger partial charge in [-0.2, -0.15) is 0 Å². The minimum atomic E-state index is -0.405. The van der Waals surface area contributed by atoms with Crippen LogP contribution in [0, 0.1) is 11.8 Å². The van der Waals surface area contributed by atoms with Crippen LogP contribution in [0.1, 0.15) is 53.9 Å². The van der Waals surface area contributed by atoms with E-state index in [1.54, 1.807) is 0 Å². The van der Waals surface area contributed by atoms with Crippen LogP contribution in [0.2, 0.25) is 0 Å². The summed E-state index contributed by atoms with van der Waals surface area (Å²) in [5.74, 6) is 1.46. The first-order chi connectivity index (χ1) is 7.28. The Bertz CT molecular complexity index is 245. The molecule has 16 heavy (non-hydrogen) atoms. The first kappa shape index (κ1) is 13.3. The van der Waals surface area contributed by atoms with Crippen molar-refractivity contribution in [2.75, 3.05) is 0 Å². The van der Waals surface area contributed by atoms with E-state index in [1.165, 1.54) is 6.42 Å². The zero-order valence-corrected chi connectivity index (χ0v) is 11.2. The van der Waals surface area contributed by atoms with E-state index in [9.17, 15) is 4.79 Å². The number of rotatable bonds is 1. The fraction of sp³-hybridized carbons (Fsp3) is 0.923. The van der Waals surface area contributed by atoms with Crippen LogP contribution in [0.3, 0.4) is 0 Å². The first-order valence-corrected chi connectivity index (χ1v) is 6.27. The van der Waals surface area contributed by atoms with Gasteiger partial charge in [0.1, 0.15) is 5.60 Å². The highest BCUT2D eigenvalue weighted by Crippen LogP contribution is 2.29. The molecule has 0 heterocycles. The minimum Gasteiger partial charge on any atom is -0.444 e. The van der Waals surface area contributed by atoms with Gasteiger partial charge in [0.05, 0.1) is 0 Å². The monoisotopic (exact) mass is 227 g/mol. The lowest BCUT2D eigenvalue weighted by Gasteiger charge is -2.33. The molecule has 0 aliphatic heterocycles. The summed E-state index contributed by atoms with van der Waals surface area (Å²) in [4.78, 5) is 11.6. The van der Waals surface area contributed by atoms with E-state index < -0.39 is 5.60 Å². The largest absolute Gasteiger partial charge is 0.444 e. The smallest absolute Gasteiger partial charge is 0.407 e. The number of hydrogen-bond donors (Lipinski definition) is 1. The maximum absolute atomic E-state index is 11.6. The van der Waals surface area contributed by atoms with E-state index in [0.29, 0.717) is 12.0 Å². The molecule has 1 rings (SSSR count). The van der Waals surface area contributed by atoms with Crippen molar-refractivity contribution in [3.05, 3.63) is 0 Å². The molecule has 0 aromatic heterocycles. The third-order valence-corrected chi connectivity index (χ3v) is 3.32. The summed E-state index contributed by atoms with van der Waals surface area (Å²) >= 11 is 0. The van der Waals surface area contributed by atoms with Crippen LogP contribution in [0.5, 0.6) is 0 Å². The van der Waals surface area contributed by atoms with E-state index in [-0.39, 0.29) is 6.09 Å². The van der Waals surface area contributed by atoms with Gasteiger partial charge in [-0.05, 0) is 51.9 Å². The summed E-state index contributed by atoms with van der Waals surface area (Å²) in [7, 11) is 0. The molecule has 94 valence electrons. The molecule has 0 aromatic carbocycles. The Hall–Kier alpha value is -0.730. The summed E-state index contributed by atoms with van der Waals surface area (Å²) in [6, 6.07) is 0.293. The van der Waals surface area contributed by atoms with Crippen molar-refractivity contribution in [1.82, 2.24) is 5.32 Å². The third-order valence-electron chi connectivity index (χ3n) is 3.32. The lowest BCUT2D eigenvalue weighted by Crippen LogP contribution is -2.42. The van der Waals surface area contributed by atoms with Gasteiger partial charge in [0, 0.05) is 6.04 Å². The van der Waals surface area contributed by atoms with Crippen LogP contribution >= 0.6 is 0 Å². The first-order valence-electron chi connectivity index (χ1n) is 6.27. The molecular weight excluding hydrogens is 202 g/mol. The van der Waals surface area contributed by atoms with E-state index >= 15 is 0 Å². The van der Waals surface area contributed by atoms with Crippen LogP contribution < -0.4 is 5.32 Å². The number of carbonyl (C=O) groups excluding carboxylic acids is 1. The molecule has 3 atom stereocenters. The number of hydrogen-bond acceptors (Lipinski definition) is 2. The molecule has 3 heteroatoms. The number of ether oxygens (including phenoxy) is 1. The van der Waals surface area contributed by atoms with E-state index in [1.807, 2.05) is 20.8 Å². The van der Waals surface area contributed by atoms with Gasteiger partial charge in [0.25, 0.3) is 0 Å². The summed E-state index contributed by atoms with van der Waals surface area (Å²) in [5, 5.41) is 2.97. The molecule has 0 spiro atoms. The molecule has 1 saturated carbocycles. The van der Waals surface area contributed by atoms with Gasteiger partial charge >= 0.3 is 6.09 Å². The second-order valence-electron chi connectivity index (χ2n) is 6.11. The Balaban J connectivity index is 2.35. The second kappa shape index (κ2) is 5.07. The molecule has 1 amide bonds. The second-order valence-corrected chi connectivity index (χ2v) is 6.11. The average Bonchev–Trinajstić information content (AvgIpc) is 2.08. The SMILES string of the molecule is C[C@@H]1CCC(NC(=O)OC(C)(C)C)C[C@@H]1C. The molecule has 0 bridgehead atoms. The summed E-state index contributed by atoms with van der Waals surface area (Å²) < 4.78 is 5.25. The van der Waals surface area contributed by atoms with Crippen LogP contribution in [-0.2, 0) is 4.74 Å². The summed E-state index contributed by atoms with van der Waals surface area (Å²) in [5.41, 5.74) is -0.405. The molecular formula is C13H25NO2. The van der Waals surface area contributed by atoms with Gasteiger partial charge < -0.3 is 10.1 Å². The number of amides is 1. The van der Waals surface area contributed by atoms with Crippen molar-refractivity contribution >= 4 is 6.09 Å². The molecule has 1 aliphatic carbocycles. The standard InChI is InChI=1S/C13H25NO2/c1-9-6-7-11(8-10(9)2)14-12(15)16-13(3,4)5/h9-11H,6-8H2,1-5H3,(H,14,15)/t9-,10+,11?/m1/s1. The van der Waals surface area contributed by atoms with Crippen molar-refractivity contribution in [2.45, 2.75) is 65.5 Å². The average molecular weight is 227 g/mol. The predicted molar refractivity (Wildman–Crippen MR) is 65.3 cm³/mol. The Morgan fingerprint density at radius 3 is 2.31 bits per heavy atom. The van der Waals surface area contributed by atoms with Gasteiger partial charge in [0.15, 0.2) is 0 Å². The molecule has 3 nitrogen and oxygen atoms in total. The summed E-state index contributed by atoms with van der Waals surface area (Å²) in [6.07, 6.45) is 3.06. The van der Waals surface area contributed by atoms with Crippen molar-refractivity contribution < 1.29 is 9.53 Å². The normalized spacial score (nSPS) is 30.9. The van der Waals surface area contributed by atoms with Gasteiger partial charge in [-0.25, -0.2) is 4.79 Å². The van der Waals surface area contributed by atoms with Gasteiger partial charge in [-0.15, -0.1) is 0 Å². The van der Waals surface area contributed by atoms with Crippen LogP contribution in [-0.4, -0.2) is 17.7 Å². The Morgan fingerprint density at radius 2 is 1.81 bits per heavy atom. The minimum absolute atomic E-state index is 0.278. The third kappa shape index (κ3) is 4.42. The zero-order chi connectivity index (χ0) is 12.3. The quantitative estimate of drug-likeness (QED) is 0.746. The molecule has 0 saturated heterocycles. The maximum Gasteiger partial charge on any atom is 0.407 e. The van der Waals surface area contributed by atoms with E-state index in [2.05, 4.69) is 19.2 Å². The lowest BCUT2D eigenvalue weighted by atomic mass is 9.79. The molecule has 1 fully saturated rings. The van der Waals surface area contributed by atoms with Crippen LogP contribution in [0.15, 0.2) is 0 Å². The van der Waals surface area contributed by atoms with Crippen LogP contribution in [0.4, 0.5) is 4.79 Å². The number of alkyl carbamates (subject to hydrolysis) is 1. The topological polar surface area (TPSA) is 38.3 Å². The fourth-order valence-electron chi connectivity index (χ4n) is 2.15. The molecule has 0 aromatic rings. The Kier molecular flexibility index (Phi) is 4.22. The van der Waals surface area contributed by atoms with Crippen molar-refractivity contribution in [2.24, 2.45) is 11.8 Å². The maximum atomic E-state index is 11.6. The van der Waals surface area contributed by atoms with Crippen molar-refractivity contribution in [1.29, 1.82) is 0 Å². The van der Waals surface area contributed by atoms with Gasteiger partial charge in [-0.1, -0.05) is 13.8 Å². The van der Waals surface area contributed by atoms with Crippen molar-refractivity contribution in [3.8, 4) is 0 Å². The highest BCUT2D eigenvalue weighted by Gasteiger charge is 2.26. The highest BCUT2D eigenvalue weighted by atomic mass is 16.6. The van der Waals surface area contributed by atoms with Gasteiger partial charge in [0.2, 0.25) is 0 Å². The van der Waals surface area contributed by atoms with Crippen LogP contribution in [0.25, 0.3) is 0 Å². The lowest BCUT2D eigenvalue weighted by molar-refractivity contribution is 0.0477. The zero-order valence-electron chi connectivity index (χ0n) is 11.2. The van der Waals surface area contributed by atoms with E-state index in [0.717, 1.165) is 18.8 Å². The number of carbonyl (C=O) groups is 1. The Labute approximate surface area is 98.9 Å². The van der Waals surface area contributed by atoms with Crippen molar-refractivity contribution in [3.63, 3.8) is 0 Å². The van der Waals surface area contributed by atoms with E-state index in [4.69, 9.17) is 4.74 Å².